The van der Waals surface area contributed by atoms with Gasteiger partial charge in [0.05, 0.1) is 26.9 Å². The van der Waals surface area contributed by atoms with E-state index in [9.17, 15) is 18.4 Å². The Hall–Kier alpha value is -3.99. The molecule has 0 radical (unpaired) electrons. The fourth-order valence-electron chi connectivity index (χ4n) is 2.37. The molecule has 0 spiro atoms. The van der Waals surface area contributed by atoms with Crippen LogP contribution in [0.1, 0.15) is 0 Å². The average molecular weight is 440 g/mol. The van der Waals surface area contributed by atoms with E-state index in [-0.39, 0.29) is 16.3 Å². The van der Waals surface area contributed by atoms with Gasteiger partial charge in [-0.1, -0.05) is 0 Å². The van der Waals surface area contributed by atoms with Crippen molar-refractivity contribution in [1.82, 2.24) is 0 Å². The summed E-state index contributed by atoms with van der Waals surface area (Å²) in [7, 11) is -2.15. The molecular formula is C20H18N5O5S+. The fourth-order valence-corrected chi connectivity index (χ4v) is 3.01. The minimum atomic E-state index is -3.43. The molecule has 0 aliphatic rings. The quantitative estimate of drug-likeness (QED) is 0.377. The van der Waals surface area contributed by atoms with E-state index in [2.05, 4.69) is 25.3 Å². The predicted molar refractivity (Wildman–Crippen MR) is 113 cm³/mol. The van der Waals surface area contributed by atoms with Gasteiger partial charge in [-0.15, -0.1) is 5.11 Å². The first kappa shape index (κ1) is 21.7. The Morgan fingerprint density at radius 1 is 0.806 bits per heavy atom. The molecule has 158 valence electrons. The van der Waals surface area contributed by atoms with Gasteiger partial charge in [0.2, 0.25) is 0 Å². The van der Waals surface area contributed by atoms with Crippen LogP contribution >= 0.6 is 0 Å². The van der Waals surface area contributed by atoms with Gasteiger partial charge in [-0.3, -0.25) is 0 Å². The molecule has 0 heterocycles. The number of hydrogen-bond donors (Lipinski definition) is 1. The van der Waals surface area contributed by atoms with E-state index in [1.807, 2.05) is 0 Å². The molecule has 10 nitrogen and oxygen atoms in total. The van der Waals surface area contributed by atoms with Crippen LogP contribution in [0, 0.1) is 4.91 Å². The number of aromatic hydroxyl groups is 1. The smallest absolute Gasteiger partial charge is 0.316 e. The van der Waals surface area contributed by atoms with Crippen molar-refractivity contribution in [1.29, 1.82) is 0 Å². The molecule has 3 aromatic carbocycles. The molecule has 0 fully saturated rings. The summed E-state index contributed by atoms with van der Waals surface area (Å²) in [6.07, 6.45) is 1.07. The Kier molecular flexibility index (Phi) is 6.46. The van der Waals surface area contributed by atoms with Gasteiger partial charge >= 0.3 is 5.69 Å². The normalized spacial score (nSPS) is 11.8. The largest absolute Gasteiger partial charge is 0.506 e. The maximum absolute atomic E-state index is 11.6. The van der Waals surface area contributed by atoms with E-state index in [1.54, 1.807) is 48.5 Å². The van der Waals surface area contributed by atoms with Crippen LogP contribution in [0.3, 0.4) is 0 Å². The topological polar surface area (TPSA) is 133 Å². The molecule has 1 N–H and O–H groups in total. The van der Waals surface area contributed by atoms with Crippen molar-refractivity contribution in [3.05, 3.63) is 71.6 Å². The van der Waals surface area contributed by atoms with Crippen LogP contribution in [-0.2, 0) is 14.7 Å². The van der Waals surface area contributed by atoms with Crippen molar-refractivity contribution in [3.63, 3.8) is 0 Å². The number of phenols is 1. The lowest BCUT2D eigenvalue weighted by atomic mass is 10.3. The molecule has 0 aromatic heterocycles. The summed E-state index contributed by atoms with van der Waals surface area (Å²) < 4.78 is 23.3. The Labute approximate surface area is 178 Å². The fraction of sp³-hybridized carbons (Fsp3) is 0.100. The van der Waals surface area contributed by atoms with Crippen LogP contribution in [0.15, 0.2) is 92.1 Å². The maximum atomic E-state index is 11.6. The van der Waals surface area contributed by atoms with E-state index in [0.717, 1.165) is 6.26 Å². The second-order valence-electron chi connectivity index (χ2n) is 6.30. The molecule has 0 aliphatic heterocycles. The molecule has 31 heavy (non-hydrogen) atoms. The van der Waals surface area contributed by atoms with Crippen molar-refractivity contribution < 1.29 is 23.3 Å². The van der Waals surface area contributed by atoms with Gasteiger partial charge < -0.3 is 5.11 Å². The van der Waals surface area contributed by atoms with Gasteiger partial charge in [-0.25, -0.2) is 13.3 Å². The van der Waals surface area contributed by atoms with Crippen LogP contribution in [0.4, 0.5) is 28.4 Å². The van der Waals surface area contributed by atoms with Crippen molar-refractivity contribution >= 4 is 38.3 Å². The minimum Gasteiger partial charge on any atom is -0.506 e. The van der Waals surface area contributed by atoms with Gasteiger partial charge in [0.1, 0.15) is 11.4 Å². The summed E-state index contributed by atoms with van der Waals surface area (Å²) in [6.45, 7) is 0. The van der Waals surface area contributed by atoms with Gasteiger partial charge in [0.25, 0.3) is 4.92 Å². The lowest BCUT2D eigenvalue weighted by molar-refractivity contribution is -0.736. The summed E-state index contributed by atoms with van der Waals surface area (Å²) in [5.74, 6) is -0.182. The molecule has 0 amide bonds. The zero-order valence-corrected chi connectivity index (χ0v) is 17.4. The minimum absolute atomic E-state index is 0.0354. The van der Waals surface area contributed by atoms with Crippen LogP contribution in [0.25, 0.3) is 0 Å². The first-order valence-electron chi connectivity index (χ1n) is 8.84. The molecule has 3 rings (SSSR count). The third-order valence-electron chi connectivity index (χ3n) is 4.01. The van der Waals surface area contributed by atoms with Gasteiger partial charge in [0, 0.05) is 18.4 Å². The van der Waals surface area contributed by atoms with Crippen LogP contribution in [0.2, 0.25) is 0 Å². The first-order valence-corrected chi connectivity index (χ1v) is 10.7. The maximum Gasteiger partial charge on any atom is 0.316 e. The zero-order chi connectivity index (χ0) is 22.4. The highest BCUT2D eigenvalue weighted by Crippen LogP contribution is 2.31. The molecule has 0 bridgehead atoms. The van der Waals surface area contributed by atoms with Crippen LogP contribution in [-0.4, -0.2) is 31.8 Å². The van der Waals surface area contributed by atoms with Crippen LogP contribution < -0.4 is 0 Å². The lowest BCUT2D eigenvalue weighted by Crippen LogP contribution is -1.96. The van der Waals surface area contributed by atoms with Crippen LogP contribution in [0.5, 0.6) is 5.75 Å². The number of azo groups is 2. The number of benzene rings is 3. The summed E-state index contributed by atoms with van der Waals surface area (Å²) in [4.78, 5) is 16.3. The highest BCUT2D eigenvalue weighted by molar-refractivity contribution is 7.90. The lowest BCUT2D eigenvalue weighted by Gasteiger charge is -2.01. The van der Waals surface area contributed by atoms with Crippen molar-refractivity contribution in [3.8, 4) is 5.75 Å². The predicted octanol–water partition coefficient (Wildman–Crippen LogP) is 5.60. The highest BCUT2D eigenvalue weighted by atomic mass is 32.2. The molecule has 0 atom stereocenters. The number of sulfone groups is 1. The van der Waals surface area contributed by atoms with E-state index < -0.39 is 9.84 Å². The Morgan fingerprint density at radius 3 is 1.77 bits per heavy atom. The Bertz CT molecular complexity index is 1250. The molecule has 3 aromatic rings. The second-order valence-corrected chi connectivity index (χ2v) is 8.31. The van der Waals surface area contributed by atoms with E-state index in [1.165, 1.54) is 25.3 Å². The third-order valence-corrected chi connectivity index (χ3v) is 5.12. The average Bonchev–Trinajstić information content (AvgIpc) is 2.77. The number of rotatable bonds is 7. The number of nitrogens with zero attached hydrogens (tertiary/aromatic N) is 5. The molecule has 0 saturated carbocycles. The monoisotopic (exact) mass is 440 g/mol. The molecule has 11 heteroatoms. The number of phenolic OH excluding ortho intramolecular Hbond substituents is 1. The molecule has 0 unspecified atom stereocenters. The van der Waals surface area contributed by atoms with Crippen molar-refractivity contribution in [2.24, 2.45) is 20.5 Å². The van der Waals surface area contributed by atoms with E-state index in [4.69, 9.17) is 0 Å². The summed E-state index contributed by atoms with van der Waals surface area (Å²) in [6, 6.07) is 16.8. The van der Waals surface area contributed by atoms with Crippen molar-refractivity contribution in [2.45, 2.75) is 4.90 Å². The van der Waals surface area contributed by atoms with Gasteiger partial charge in [0.15, 0.2) is 16.9 Å². The van der Waals surface area contributed by atoms with Gasteiger partial charge in [-0.05, 0) is 54.6 Å². The molecule has 0 aliphatic carbocycles. The van der Waals surface area contributed by atoms with Crippen molar-refractivity contribution in [2.75, 3.05) is 13.4 Å². The van der Waals surface area contributed by atoms with Gasteiger partial charge in [-0.2, -0.15) is 15.3 Å². The van der Waals surface area contributed by atoms with E-state index in [0.29, 0.717) is 27.7 Å². The Balaban J connectivity index is 1.71. The third kappa shape index (κ3) is 5.76. The van der Waals surface area contributed by atoms with E-state index >= 15 is 0 Å². The number of hydrogen-bond acceptors (Lipinski definition) is 9. The zero-order valence-electron chi connectivity index (χ0n) is 16.6. The SMILES string of the molecule is CO[N+](=O)c1ccc(N=Nc2ccc(N=Nc3cc(S(C)(=O)=O)ccc3O)cc2)cc1. The molecule has 0 saturated heterocycles. The summed E-state index contributed by atoms with van der Waals surface area (Å²) in [5, 5.41) is 26.0. The summed E-state index contributed by atoms with van der Waals surface area (Å²) >= 11 is 0. The second kappa shape index (κ2) is 9.22. The highest BCUT2D eigenvalue weighted by Gasteiger charge is 2.13. The first-order chi connectivity index (χ1) is 14.8. The summed E-state index contributed by atoms with van der Waals surface area (Å²) in [5.41, 5.74) is 1.97. The standard InChI is InChI=1S/C20H17N5O5S/c1-30-25(27)17-9-7-16(8-10-17)22-21-14-3-5-15(6-4-14)23-24-19-13-18(31(2,28)29)11-12-20(19)26/h3-13H,1-2H3/p+1. The Morgan fingerprint density at radius 2 is 1.29 bits per heavy atom. The molecular weight excluding hydrogens is 422 g/mol.